The molecule has 2 aliphatic carbocycles. The van der Waals surface area contributed by atoms with Crippen LogP contribution in [0.15, 0.2) is 24.3 Å². The first-order valence-corrected chi connectivity index (χ1v) is 16.1. The quantitative estimate of drug-likeness (QED) is 0.153. The minimum Gasteiger partial charge on any atom is -0.206 e. The molecule has 0 spiro atoms. The Kier molecular flexibility index (Phi) is 6.66. The molecular weight excluding hydrogens is 543 g/mol. The molecule has 206 valence electrons. The molecule has 2 aromatic heterocycles. The first-order chi connectivity index (χ1) is 19.6. The zero-order valence-electron chi connectivity index (χ0n) is 22.9. The zero-order chi connectivity index (χ0) is 27.4. The van der Waals surface area contributed by atoms with E-state index in [0.29, 0.717) is 39.7 Å². The van der Waals surface area contributed by atoms with Crippen molar-refractivity contribution in [1.82, 2.24) is 17.5 Å². The van der Waals surface area contributed by atoms with Crippen molar-refractivity contribution in [3.8, 4) is 22.3 Å². The third-order valence-corrected chi connectivity index (χ3v) is 10.3. The Labute approximate surface area is 241 Å². The largest absolute Gasteiger partial charge is 0.206 e. The summed E-state index contributed by atoms with van der Waals surface area (Å²) in [6.45, 7) is 4.41. The van der Waals surface area contributed by atoms with Crippen molar-refractivity contribution < 1.29 is 8.78 Å². The molecule has 0 radical (unpaired) electrons. The normalized spacial score (nSPS) is 14.6. The smallest absolute Gasteiger partial charge is 0.136 e. The van der Waals surface area contributed by atoms with Gasteiger partial charge in [-0.1, -0.05) is 77.3 Å². The molecule has 5 aromatic rings. The van der Waals surface area contributed by atoms with Gasteiger partial charge in [0.05, 0.1) is 23.5 Å². The van der Waals surface area contributed by atoms with Crippen LogP contribution in [0.3, 0.4) is 0 Å². The number of hydrogen-bond donors (Lipinski definition) is 0. The van der Waals surface area contributed by atoms with Gasteiger partial charge >= 0.3 is 0 Å². The molecule has 0 atom stereocenters. The van der Waals surface area contributed by atoms with Crippen LogP contribution in [0.25, 0.3) is 44.3 Å². The standard InChI is InChI=1S/C32H32F2N4S2/c1-3-5-7-9-15-32(16-10-8-6-4-2)20-12-14-22-31(38-40-36-22)25(20)26-27(32)29(34)24-19(28(26)33)17-18-11-13-21-30(23(18)24)37-39-35-21/h11-14H,3-10,15-17H2,1-2H3. The molecule has 0 saturated carbocycles. The van der Waals surface area contributed by atoms with Gasteiger partial charge in [-0.3, -0.25) is 0 Å². The first-order valence-electron chi connectivity index (χ1n) is 14.7. The van der Waals surface area contributed by atoms with Crippen LogP contribution < -0.4 is 0 Å². The summed E-state index contributed by atoms with van der Waals surface area (Å²) in [5, 5.41) is 0. The molecule has 0 unspecified atom stereocenters. The number of aromatic nitrogens is 4. The third kappa shape index (κ3) is 3.71. The second kappa shape index (κ2) is 10.2. The molecule has 2 heterocycles. The highest BCUT2D eigenvalue weighted by molar-refractivity contribution is 7.00. The fourth-order valence-electron chi connectivity index (χ4n) is 7.35. The van der Waals surface area contributed by atoms with Gasteiger partial charge in [0, 0.05) is 45.2 Å². The number of benzene rings is 3. The van der Waals surface area contributed by atoms with Gasteiger partial charge in [-0.2, -0.15) is 17.5 Å². The van der Waals surface area contributed by atoms with Gasteiger partial charge in [0.2, 0.25) is 0 Å². The van der Waals surface area contributed by atoms with E-state index in [1.807, 2.05) is 18.2 Å². The molecule has 3 aromatic carbocycles. The van der Waals surface area contributed by atoms with Crippen LogP contribution in [-0.4, -0.2) is 17.5 Å². The Morgan fingerprint density at radius 2 is 1.30 bits per heavy atom. The van der Waals surface area contributed by atoms with E-state index >= 15 is 8.78 Å². The summed E-state index contributed by atoms with van der Waals surface area (Å²) in [6.07, 6.45) is 10.6. The third-order valence-electron chi connectivity index (χ3n) is 9.19. The van der Waals surface area contributed by atoms with Gasteiger partial charge in [0.25, 0.3) is 0 Å². The first kappa shape index (κ1) is 26.1. The summed E-state index contributed by atoms with van der Waals surface area (Å²) in [4.78, 5) is 0. The average Bonchev–Trinajstić information content (AvgIpc) is 3.74. The van der Waals surface area contributed by atoms with E-state index in [-0.39, 0.29) is 11.6 Å². The van der Waals surface area contributed by atoms with Crippen LogP contribution in [0.2, 0.25) is 0 Å². The highest BCUT2D eigenvalue weighted by atomic mass is 32.1. The number of fused-ring (bicyclic) bond motifs is 10. The monoisotopic (exact) mass is 574 g/mol. The van der Waals surface area contributed by atoms with Crippen LogP contribution in [0.1, 0.15) is 100 Å². The molecule has 2 aliphatic rings. The van der Waals surface area contributed by atoms with Gasteiger partial charge < -0.3 is 0 Å². The summed E-state index contributed by atoms with van der Waals surface area (Å²) in [6, 6.07) is 7.97. The van der Waals surface area contributed by atoms with Crippen LogP contribution in [0.5, 0.6) is 0 Å². The second-order valence-electron chi connectivity index (χ2n) is 11.5. The summed E-state index contributed by atoms with van der Waals surface area (Å²) in [7, 11) is 0. The van der Waals surface area contributed by atoms with Crippen molar-refractivity contribution in [2.75, 3.05) is 0 Å². The topological polar surface area (TPSA) is 51.6 Å². The Morgan fingerprint density at radius 3 is 1.95 bits per heavy atom. The fourth-order valence-corrected chi connectivity index (χ4v) is 8.43. The fraction of sp³-hybridized carbons (Fsp3) is 0.438. The second-order valence-corrected chi connectivity index (χ2v) is 12.5. The van der Waals surface area contributed by atoms with E-state index in [9.17, 15) is 0 Å². The highest BCUT2D eigenvalue weighted by Gasteiger charge is 2.49. The van der Waals surface area contributed by atoms with Crippen molar-refractivity contribution in [3.63, 3.8) is 0 Å². The van der Waals surface area contributed by atoms with E-state index in [4.69, 9.17) is 0 Å². The number of unbranched alkanes of at least 4 members (excludes halogenated alkanes) is 6. The molecule has 7 rings (SSSR count). The minimum absolute atomic E-state index is 0.274. The van der Waals surface area contributed by atoms with Crippen LogP contribution >= 0.6 is 23.5 Å². The van der Waals surface area contributed by atoms with E-state index in [1.54, 1.807) is 0 Å². The minimum atomic E-state index is -0.596. The lowest BCUT2D eigenvalue weighted by Crippen LogP contribution is -2.27. The Morgan fingerprint density at radius 1 is 0.675 bits per heavy atom. The molecule has 0 fully saturated rings. The van der Waals surface area contributed by atoms with Gasteiger partial charge in [0.15, 0.2) is 0 Å². The Hall–Kier alpha value is -2.84. The molecule has 4 nitrogen and oxygen atoms in total. The van der Waals surface area contributed by atoms with Gasteiger partial charge in [-0.15, -0.1) is 0 Å². The molecule has 0 N–H and O–H groups in total. The maximum atomic E-state index is 17.5. The molecular formula is C32H32F2N4S2. The van der Waals surface area contributed by atoms with Crippen molar-refractivity contribution in [2.45, 2.75) is 89.9 Å². The maximum absolute atomic E-state index is 17.5. The molecule has 8 heteroatoms. The summed E-state index contributed by atoms with van der Waals surface area (Å²) >= 11 is 2.26. The molecule has 0 aliphatic heterocycles. The number of nitrogens with zero attached hydrogens (tertiary/aromatic N) is 4. The lowest BCUT2D eigenvalue weighted by molar-refractivity contribution is 0.386. The molecule has 0 bridgehead atoms. The van der Waals surface area contributed by atoms with E-state index in [2.05, 4.69) is 37.4 Å². The zero-order valence-corrected chi connectivity index (χ0v) is 24.6. The van der Waals surface area contributed by atoms with Crippen LogP contribution in [0, 0.1) is 11.6 Å². The van der Waals surface area contributed by atoms with E-state index < -0.39 is 5.41 Å². The number of hydrogen-bond acceptors (Lipinski definition) is 6. The SMILES string of the molecule is CCCCCCC1(CCCCCC)c2ccc3nsnc3c2-c2c(F)c3c(c(F)c21)-c1c(ccc2nsnc12)C3. The van der Waals surface area contributed by atoms with Crippen LogP contribution in [0.4, 0.5) is 8.78 Å². The van der Waals surface area contributed by atoms with Gasteiger partial charge in [-0.05, 0) is 36.1 Å². The maximum Gasteiger partial charge on any atom is 0.136 e. The Bertz CT molecular complexity index is 1740. The van der Waals surface area contributed by atoms with Crippen molar-refractivity contribution in [2.24, 2.45) is 0 Å². The van der Waals surface area contributed by atoms with Gasteiger partial charge in [-0.25, -0.2) is 8.78 Å². The summed E-state index contributed by atoms with van der Waals surface area (Å²) < 4.78 is 52.5. The van der Waals surface area contributed by atoms with Crippen molar-refractivity contribution in [3.05, 3.63) is 58.2 Å². The number of halogens is 2. The average molecular weight is 575 g/mol. The Balaban J connectivity index is 1.52. The van der Waals surface area contributed by atoms with Crippen LogP contribution in [-0.2, 0) is 11.8 Å². The van der Waals surface area contributed by atoms with E-state index in [0.717, 1.165) is 121 Å². The molecule has 40 heavy (non-hydrogen) atoms. The highest BCUT2D eigenvalue weighted by Crippen LogP contribution is 2.60. The van der Waals surface area contributed by atoms with Gasteiger partial charge in [0.1, 0.15) is 33.7 Å². The van der Waals surface area contributed by atoms with E-state index in [1.165, 1.54) is 0 Å². The predicted molar refractivity (Wildman–Crippen MR) is 160 cm³/mol. The summed E-state index contributed by atoms with van der Waals surface area (Å²) in [5.41, 5.74) is 7.52. The lowest BCUT2D eigenvalue weighted by Gasteiger charge is -2.33. The molecule has 0 amide bonds. The molecule has 0 saturated heterocycles. The van der Waals surface area contributed by atoms with Crippen molar-refractivity contribution >= 4 is 45.5 Å². The lowest BCUT2D eigenvalue weighted by atomic mass is 9.70. The predicted octanol–water partition coefficient (Wildman–Crippen LogP) is 9.75. The van der Waals surface area contributed by atoms with Crippen molar-refractivity contribution in [1.29, 1.82) is 0 Å². The summed E-state index contributed by atoms with van der Waals surface area (Å²) in [5.74, 6) is -0.575. The number of rotatable bonds is 10.